The van der Waals surface area contributed by atoms with Crippen molar-refractivity contribution >= 4 is 11.7 Å². The first-order chi connectivity index (χ1) is 9.58. The summed E-state index contributed by atoms with van der Waals surface area (Å²) < 4.78 is 0. The van der Waals surface area contributed by atoms with Gasteiger partial charge in [-0.3, -0.25) is 0 Å². The lowest BCUT2D eigenvalue weighted by atomic mass is 9.90. The summed E-state index contributed by atoms with van der Waals surface area (Å²) in [6.45, 7) is 10.2. The van der Waals surface area contributed by atoms with Gasteiger partial charge in [0, 0.05) is 13.1 Å². The summed E-state index contributed by atoms with van der Waals surface area (Å²) in [4.78, 5) is 13.5. The maximum absolute atomic E-state index is 11.4. The average Bonchev–Trinajstić information content (AvgIpc) is 2.45. The third-order valence-electron chi connectivity index (χ3n) is 3.96. The molecular weight excluding hydrogens is 250 g/mol. The van der Waals surface area contributed by atoms with Gasteiger partial charge in [0.1, 0.15) is 0 Å². The number of rotatable bonds is 8. The van der Waals surface area contributed by atoms with Crippen LogP contribution in [0.15, 0.2) is 18.2 Å². The minimum Gasteiger partial charge on any atom is -0.478 e. The summed E-state index contributed by atoms with van der Waals surface area (Å²) in [6, 6.07) is 5.84. The van der Waals surface area contributed by atoms with Crippen molar-refractivity contribution in [3.8, 4) is 0 Å². The fraction of sp³-hybridized carbons (Fsp3) is 0.588. The largest absolute Gasteiger partial charge is 0.478 e. The number of hydrogen-bond donors (Lipinski definition) is 1. The van der Waals surface area contributed by atoms with Gasteiger partial charge in [0.05, 0.1) is 11.3 Å². The third kappa shape index (κ3) is 3.75. The molecule has 1 N–H and O–H groups in total. The molecule has 112 valence electrons. The monoisotopic (exact) mass is 277 g/mol. The molecule has 0 aliphatic heterocycles. The zero-order chi connectivity index (χ0) is 15.1. The highest BCUT2D eigenvalue weighted by molar-refractivity contribution is 5.94. The Hall–Kier alpha value is -1.51. The summed E-state index contributed by atoms with van der Waals surface area (Å²) in [6.07, 6.45) is 3.40. The fourth-order valence-electron chi connectivity index (χ4n) is 2.76. The molecule has 0 aromatic heterocycles. The maximum Gasteiger partial charge on any atom is 0.337 e. The van der Waals surface area contributed by atoms with E-state index in [1.54, 1.807) is 6.07 Å². The van der Waals surface area contributed by atoms with Crippen LogP contribution in [0.4, 0.5) is 5.69 Å². The molecule has 0 saturated carbocycles. The van der Waals surface area contributed by atoms with Crippen molar-refractivity contribution in [2.75, 3.05) is 18.0 Å². The first-order valence-electron chi connectivity index (χ1n) is 7.71. The second kappa shape index (κ2) is 7.93. The molecule has 20 heavy (non-hydrogen) atoms. The van der Waals surface area contributed by atoms with Gasteiger partial charge in [-0.05, 0) is 50.3 Å². The minimum absolute atomic E-state index is 0.406. The van der Waals surface area contributed by atoms with Crippen molar-refractivity contribution in [3.05, 3.63) is 29.3 Å². The lowest BCUT2D eigenvalue weighted by molar-refractivity contribution is 0.0697. The number of anilines is 1. The van der Waals surface area contributed by atoms with E-state index in [-0.39, 0.29) is 0 Å². The van der Waals surface area contributed by atoms with Gasteiger partial charge in [0.2, 0.25) is 0 Å². The number of carbonyl (C=O) groups is 1. The van der Waals surface area contributed by atoms with E-state index in [9.17, 15) is 9.90 Å². The van der Waals surface area contributed by atoms with Crippen molar-refractivity contribution in [3.63, 3.8) is 0 Å². The molecule has 1 aromatic rings. The molecule has 1 atom stereocenters. The zero-order valence-electron chi connectivity index (χ0n) is 13.1. The third-order valence-corrected chi connectivity index (χ3v) is 3.96. The molecule has 0 aliphatic carbocycles. The molecule has 0 spiro atoms. The van der Waals surface area contributed by atoms with Crippen LogP contribution in [0, 0.1) is 0 Å². The Balaban J connectivity index is 3.25. The van der Waals surface area contributed by atoms with Crippen LogP contribution in [0.1, 0.15) is 68.8 Å². The zero-order valence-corrected chi connectivity index (χ0v) is 13.1. The Morgan fingerprint density at radius 1 is 1.20 bits per heavy atom. The molecule has 1 aromatic carbocycles. The van der Waals surface area contributed by atoms with Gasteiger partial charge >= 0.3 is 5.97 Å². The van der Waals surface area contributed by atoms with Gasteiger partial charge in [-0.1, -0.05) is 26.3 Å². The molecular formula is C17H27NO2. The molecule has 0 radical (unpaired) electrons. The van der Waals surface area contributed by atoms with Crippen LogP contribution in [0.5, 0.6) is 0 Å². The summed E-state index contributed by atoms with van der Waals surface area (Å²) in [5, 5.41) is 9.37. The van der Waals surface area contributed by atoms with Crippen LogP contribution in [-0.4, -0.2) is 24.2 Å². The Kier molecular flexibility index (Phi) is 6.56. The van der Waals surface area contributed by atoms with Gasteiger partial charge < -0.3 is 10.0 Å². The smallest absolute Gasteiger partial charge is 0.337 e. The number of aromatic carboxylic acids is 1. The average molecular weight is 277 g/mol. The lowest BCUT2D eigenvalue weighted by Gasteiger charge is -2.25. The maximum atomic E-state index is 11.4. The van der Waals surface area contributed by atoms with Crippen molar-refractivity contribution in [1.29, 1.82) is 0 Å². The van der Waals surface area contributed by atoms with Gasteiger partial charge in [0.15, 0.2) is 0 Å². The van der Waals surface area contributed by atoms with Crippen LogP contribution in [0.25, 0.3) is 0 Å². The van der Waals surface area contributed by atoms with Crippen molar-refractivity contribution in [2.45, 2.75) is 52.9 Å². The Morgan fingerprint density at radius 2 is 1.85 bits per heavy atom. The van der Waals surface area contributed by atoms with E-state index in [1.165, 1.54) is 5.56 Å². The van der Waals surface area contributed by atoms with Crippen LogP contribution in [0.2, 0.25) is 0 Å². The second-order valence-corrected chi connectivity index (χ2v) is 5.15. The van der Waals surface area contributed by atoms with Gasteiger partial charge in [-0.15, -0.1) is 0 Å². The Labute approximate surface area is 122 Å². The summed E-state index contributed by atoms with van der Waals surface area (Å²) >= 11 is 0. The molecule has 0 saturated heterocycles. The SMILES string of the molecule is CCCC(CC)c1ccc(C(=O)O)c(N(CC)CC)c1. The van der Waals surface area contributed by atoms with E-state index in [0.29, 0.717) is 11.5 Å². The predicted molar refractivity (Wildman–Crippen MR) is 84.9 cm³/mol. The summed E-state index contributed by atoms with van der Waals surface area (Å²) in [5.74, 6) is -0.320. The van der Waals surface area contributed by atoms with Gasteiger partial charge in [-0.2, -0.15) is 0 Å². The molecule has 3 heteroatoms. The van der Waals surface area contributed by atoms with Crippen molar-refractivity contribution in [2.24, 2.45) is 0 Å². The molecule has 0 fully saturated rings. The quantitative estimate of drug-likeness (QED) is 0.759. The molecule has 0 bridgehead atoms. The van der Waals surface area contributed by atoms with Crippen LogP contribution in [0.3, 0.4) is 0 Å². The summed E-state index contributed by atoms with van der Waals surface area (Å²) in [5.41, 5.74) is 2.53. The number of carboxylic acid groups (broad SMARTS) is 1. The molecule has 0 aliphatic rings. The number of nitrogens with zero attached hydrogens (tertiary/aromatic N) is 1. The highest BCUT2D eigenvalue weighted by atomic mass is 16.4. The molecule has 0 heterocycles. The van der Waals surface area contributed by atoms with Gasteiger partial charge in [-0.25, -0.2) is 4.79 Å². The van der Waals surface area contributed by atoms with Crippen molar-refractivity contribution < 1.29 is 9.90 Å². The molecule has 1 rings (SSSR count). The number of carboxylic acids is 1. The van der Waals surface area contributed by atoms with E-state index < -0.39 is 5.97 Å². The van der Waals surface area contributed by atoms with Crippen LogP contribution >= 0.6 is 0 Å². The normalized spacial score (nSPS) is 12.2. The molecule has 3 nitrogen and oxygen atoms in total. The topological polar surface area (TPSA) is 40.5 Å². The van der Waals surface area contributed by atoms with Gasteiger partial charge in [0.25, 0.3) is 0 Å². The highest BCUT2D eigenvalue weighted by Gasteiger charge is 2.17. The van der Waals surface area contributed by atoms with E-state index in [2.05, 4.69) is 38.7 Å². The highest BCUT2D eigenvalue weighted by Crippen LogP contribution is 2.30. The second-order valence-electron chi connectivity index (χ2n) is 5.15. The minimum atomic E-state index is -0.845. The van der Waals surface area contributed by atoms with E-state index in [1.807, 2.05) is 6.07 Å². The molecule has 1 unspecified atom stereocenters. The predicted octanol–water partition coefficient (Wildman–Crippen LogP) is 4.52. The Morgan fingerprint density at radius 3 is 2.30 bits per heavy atom. The van der Waals surface area contributed by atoms with E-state index in [0.717, 1.165) is 38.0 Å². The molecule has 0 amide bonds. The standard InChI is InChI=1S/C17H27NO2/c1-5-9-13(6-2)14-10-11-15(17(19)20)16(12-14)18(7-3)8-4/h10-13H,5-9H2,1-4H3,(H,19,20). The first kappa shape index (κ1) is 16.5. The van der Waals surface area contributed by atoms with E-state index in [4.69, 9.17) is 0 Å². The van der Waals surface area contributed by atoms with Crippen LogP contribution in [-0.2, 0) is 0 Å². The first-order valence-corrected chi connectivity index (χ1v) is 7.71. The number of benzene rings is 1. The Bertz CT molecular complexity index is 439. The van der Waals surface area contributed by atoms with E-state index >= 15 is 0 Å². The lowest BCUT2D eigenvalue weighted by Crippen LogP contribution is -2.24. The fourth-order valence-corrected chi connectivity index (χ4v) is 2.76. The number of hydrogen-bond acceptors (Lipinski definition) is 2. The summed E-state index contributed by atoms with van der Waals surface area (Å²) in [7, 11) is 0. The van der Waals surface area contributed by atoms with Crippen LogP contribution < -0.4 is 4.90 Å². The van der Waals surface area contributed by atoms with Crippen molar-refractivity contribution in [1.82, 2.24) is 0 Å².